The number of fused-ring (bicyclic) bond motifs is 4. The van der Waals surface area contributed by atoms with Crippen molar-refractivity contribution >= 4 is 47.8 Å². The topological polar surface area (TPSA) is 177 Å². The van der Waals surface area contributed by atoms with E-state index in [0.717, 1.165) is 11.2 Å². The molecule has 2 heterocycles. The number of likely N-dealkylation sites (tertiary alicyclic amines) is 1. The third-order valence-electron chi connectivity index (χ3n) is 11.1. The maximum Gasteiger partial charge on any atom is 0.509 e. The van der Waals surface area contributed by atoms with Crippen LogP contribution in [0.3, 0.4) is 0 Å². The Morgan fingerprint density at radius 2 is 1.72 bits per heavy atom. The Bertz CT molecular complexity index is 1710. The lowest BCUT2D eigenvalue weighted by Gasteiger charge is -2.59. The van der Waals surface area contributed by atoms with Gasteiger partial charge in [0.05, 0.1) is 5.03 Å². The standard InChI is InChI=1S/C39H53ClN2O12/c1-20-15-25-28(26(40)16-20)41-54-32-38(25,53-34(47)52-36(8,9)10)18-27(42(32)33(46)51-35(5,6)7)31(45)50-30-29(49-23(4)44)21(2)17-24-13-12-14-37(11,22(3)19-43)39(24,30)48/h15-17,19-20,22,24,27,29-30,32,48H,12-14,18H2,1-11H3/t20?,22?,24-,27-,29+,30-,32+,37+,38+,39-/m0/s1. The van der Waals surface area contributed by atoms with Crippen LogP contribution in [0.4, 0.5) is 9.59 Å². The molecule has 5 aliphatic rings. The van der Waals surface area contributed by atoms with Crippen LogP contribution in [0.2, 0.25) is 0 Å². The molecule has 2 unspecified atom stereocenters. The molecule has 10 atom stereocenters. The Morgan fingerprint density at radius 1 is 1.07 bits per heavy atom. The molecule has 0 aromatic rings. The van der Waals surface area contributed by atoms with Crippen LogP contribution < -0.4 is 0 Å². The molecule has 0 spiro atoms. The number of nitrogens with zero attached hydrogens (tertiary/aromatic N) is 2. The van der Waals surface area contributed by atoms with E-state index in [1.807, 2.05) is 13.0 Å². The number of rotatable bonds is 6. The lowest BCUT2D eigenvalue weighted by molar-refractivity contribution is -0.248. The number of hydrogen-bond acceptors (Lipinski definition) is 13. The van der Waals surface area contributed by atoms with Crippen molar-refractivity contribution in [3.8, 4) is 0 Å². The van der Waals surface area contributed by atoms with Crippen LogP contribution in [0, 0.1) is 23.2 Å². The van der Waals surface area contributed by atoms with Crippen LogP contribution in [0.1, 0.15) is 102 Å². The van der Waals surface area contributed by atoms with Gasteiger partial charge in [-0.25, -0.2) is 14.4 Å². The highest BCUT2D eigenvalue weighted by Gasteiger charge is 2.69. The first-order valence-corrected chi connectivity index (χ1v) is 18.8. The molecule has 0 radical (unpaired) electrons. The summed E-state index contributed by atoms with van der Waals surface area (Å²) in [6.45, 7) is 18.1. The summed E-state index contributed by atoms with van der Waals surface area (Å²) in [7, 11) is 0. The van der Waals surface area contributed by atoms with Crippen LogP contribution in [0.25, 0.3) is 0 Å². The monoisotopic (exact) mass is 776 g/mol. The molecule has 1 saturated carbocycles. The van der Waals surface area contributed by atoms with Crippen molar-refractivity contribution in [1.29, 1.82) is 0 Å². The van der Waals surface area contributed by atoms with Crippen LogP contribution in [-0.2, 0) is 42.9 Å². The lowest BCUT2D eigenvalue weighted by Crippen LogP contribution is -2.70. The summed E-state index contributed by atoms with van der Waals surface area (Å²) in [6.07, 6.45) is 0.713. The first kappa shape index (κ1) is 41.3. The van der Waals surface area contributed by atoms with Crippen molar-refractivity contribution in [3.63, 3.8) is 0 Å². The summed E-state index contributed by atoms with van der Waals surface area (Å²) in [5.41, 5.74) is -6.05. The molecule has 1 saturated heterocycles. The summed E-state index contributed by atoms with van der Waals surface area (Å²) in [5, 5.41) is 17.4. The molecule has 15 heteroatoms. The highest BCUT2D eigenvalue weighted by Crippen LogP contribution is 2.58. The molecular weight excluding hydrogens is 724 g/mol. The molecule has 0 aromatic heterocycles. The summed E-state index contributed by atoms with van der Waals surface area (Å²) in [6, 6.07) is -1.59. The zero-order valence-electron chi connectivity index (χ0n) is 32.9. The molecule has 1 amide bonds. The van der Waals surface area contributed by atoms with Crippen molar-refractivity contribution in [3.05, 3.63) is 34.4 Å². The molecule has 1 N–H and O–H groups in total. The van der Waals surface area contributed by atoms with E-state index in [1.54, 1.807) is 74.5 Å². The molecule has 0 aromatic carbocycles. The van der Waals surface area contributed by atoms with E-state index in [4.69, 9.17) is 40.1 Å². The van der Waals surface area contributed by atoms with E-state index < -0.39 is 94.7 Å². The van der Waals surface area contributed by atoms with Crippen LogP contribution in [0.15, 0.2) is 39.6 Å². The predicted molar refractivity (Wildman–Crippen MR) is 195 cm³/mol. The minimum atomic E-state index is -1.93. The summed E-state index contributed by atoms with van der Waals surface area (Å²) >= 11 is 6.65. The average Bonchev–Trinajstić information content (AvgIpc) is 3.37. The molecule has 0 bridgehead atoms. The molecule has 3 aliphatic carbocycles. The Labute approximate surface area is 321 Å². The highest BCUT2D eigenvalue weighted by atomic mass is 35.5. The number of allylic oxidation sites excluding steroid dienone is 3. The molecule has 298 valence electrons. The Balaban J connectivity index is 1.67. The van der Waals surface area contributed by atoms with Crippen LogP contribution in [0.5, 0.6) is 0 Å². The Kier molecular flexibility index (Phi) is 10.9. The maximum atomic E-state index is 15.0. The molecular formula is C39H53ClN2O12. The number of hydrogen-bond donors (Lipinski definition) is 1. The van der Waals surface area contributed by atoms with Gasteiger partial charge >= 0.3 is 24.2 Å². The van der Waals surface area contributed by atoms with Gasteiger partial charge in [-0.3, -0.25) is 9.69 Å². The van der Waals surface area contributed by atoms with Crippen molar-refractivity contribution in [2.45, 2.75) is 149 Å². The van der Waals surface area contributed by atoms with Crippen molar-refractivity contribution in [2.75, 3.05) is 0 Å². The Hall–Kier alpha value is -3.91. The summed E-state index contributed by atoms with van der Waals surface area (Å²) < 4.78 is 29.6. The minimum Gasteiger partial charge on any atom is -0.454 e. The number of aliphatic hydroxyl groups is 1. The molecule has 54 heavy (non-hydrogen) atoms. The number of halogens is 1. The second-order valence-electron chi connectivity index (χ2n) is 17.4. The van der Waals surface area contributed by atoms with Crippen molar-refractivity contribution in [1.82, 2.24) is 4.90 Å². The van der Waals surface area contributed by atoms with Gasteiger partial charge in [0.1, 0.15) is 34.8 Å². The first-order valence-electron chi connectivity index (χ1n) is 18.4. The third-order valence-corrected chi connectivity index (χ3v) is 11.4. The number of carbonyl (C=O) groups excluding carboxylic acids is 5. The number of carbonyl (C=O) groups is 5. The fraction of sp³-hybridized carbons (Fsp3) is 0.692. The second kappa shape index (κ2) is 14.3. The van der Waals surface area contributed by atoms with E-state index in [9.17, 15) is 29.1 Å². The van der Waals surface area contributed by atoms with Gasteiger partial charge in [-0.1, -0.05) is 62.2 Å². The SMILES string of the molecule is CC(=O)O[C@@H]1C(C)=C[C@@H]2CCC[C@](C)(C(C)C=O)[C@@]2(O)[C@H]1OC(=O)[C@@H]1C[C@@]2(OC(=O)OC(C)(C)C)C3=CC(C)C=C(Cl)C3=NO[C@H]2N1C(=O)OC(C)(C)C. The van der Waals surface area contributed by atoms with Gasteiger partial charge in [0.25, 0.3) is 0 Å². The Morgan fingerprint density at radius 3 is 2.31 bits per heavy atom. The normalized spacial score (nSPS) is 35.2. The van der Waals surface area contributed by atoms with E-state index in [0.29, 0.717) is 24.8 Å². The van der Waals surface area contributed by atoms with Gasteiger partial charge in [-0.15, -0.1) is 0 Å². The number of oxime groups is 1. The fourth-order valence-electron chi connectivity index (χ4n) is 8.51. The zero-order valence-corrected chi connectivity index (χ0v) is 33.6. The van der Waals surface area contributed by atoms with Crippen LogP contribution >= 0.6 is 11.6 Å². The largest absolute Gasteiger partial charge is 0.509 e. The third kappa shape index (κ3) is 7.27. The highest BCUT2D eigenvalue weighted by molar-refractivity contribution is 6.47. The number of esters is 2. The predicted octanol–water partition coefficient (Wildman–Crippen LogP) is 6.27. The van der Waals surface area contributed by atoms with E-state index in [-0.39, 0.29) is 22.2 Å². The summed E-state index contributed by atoms with van der Waals surface area (Å²) in [5.74, 6) is -3.31. The van der Waals surface area contributed by atoms with Gasteiger partial charge in [-0.05, 0) is 72.8 Å². The second-order valence-corrected chi connectivity index (χ2v) is 17.8. The van der Waals surface area contributed by atoms with Crippen molar-refractivity contribution in [2.24, 2.45) is 28.3 Å². The zero-order chi connectivity index (χ0) is 40.3. The molecule has 14 nitrogen and oxygen atoms in total. The molecule has 2 aliphatic heterocycles. The van der Waals surface area contributed by atoms with E-state index in [1.165, 1.54) is 6.92 Å². The smallest absolute Gasteiger partial charge is 0.454 e. The van der Waals surface area contributed by atoms with Gasteiger partial charge in [0.15, 0.2) is 12.2 Å². The first-order chi connectivity index (χ1) is 24.9. The van der Waals surface area contributed by atoms with Crippen molar-refractivity contribution < 1.29 is 57.6 Å². The number of aldehydes is 1. The number of ether oxygens (including phenoxy) is 5. The van der Waals surface area contributed by atoms with Crippen LogP contribution in [-0.4, -0.2) is 93.1 Å². The quantitative estimate of drug-likeness (QED) is 0.139. The number of amides is 1. The average molecular weight is 777 g/mol. The van der Waals surface area contributed by atoms with E-state index in [2.05, 4.69) is 5.16 Å². The summed E-state index contributed by atoms with van der Waals surface area (Å²) in [4.78, 5) is 74.5. The molecule has 2 fully saturated rings. The van der Waals surface area contributed by atoms with Gasteiger partial charge in [-0.2, -0.15) is 0 Å². The minimum absolute atomic E-state index is 0.133. The van der Waals surface area contributed by atoms with Gasteiger partial charge in [0.2, 0.25) is 11.8 Å². The fourth-order valence-corrected chi connectivity index (χ4v) is 8.85. The molecule has 5 rings (SSSR count). The van der Waals surface area contributed by atoms with E-state index >= 15 is 0 Å². The maximum absolute atomic E-state index is 15.0. The van der Waals surface area contributed by atoms with Gasteiger partial charge < -0.3 is 38.4 Å². The van der Waals surface area contributed by atoms with Gasteiger partial charge in [0, 0.05) is 36.2 Å². The lowest BCUT2D eigenvalue weighted by atomic mass is 9.50.